The van der Waals surface area contributed by atoms with Crippen LogP contribution in [0.2, 0.25) is 0 Å². The monoisotopic (exact) mass is 282 g/mol. The van der Waals surface area contributed by atoms with Crippen LogP contribution in [0.4, 0.5) is 13.2 Å². The van der Waals surface area contributed by atoms with Gasteiger partial charge in [0.2, 0.25) is 0 Å². The summed E-state index contributed by atoms with van der Waals surface area (Å²) in [5.74, 6) is 2.63. The molecule has 0 spiro atoms. The van der Waals surface area contributed by atoms with Gasteiger partial charge in [-0.05, 0) is 40.6 Å². The average Bonchev–Trinajstić information content (AvgIpc) is 2.89. The molecule has 0 aliphatic carbocycles. The number of rotatable bonds is 3. The third kappa shape index (κ3) is 3.52. The molecule has 1 aromatic carbocycles. The van der Waals surface area contributed by atoms with E-state index >= 15 is 0 Å². The molecule has 0 unspecified atom stereocenters. The first-order valence-corrected chi connectivity index (χ1v) is 6.26. The number of thiophene rings is 1. The van der Waals surface area contributed by atoms with Crippen LogP contribution in [0.3, 0.4) is 0 Å². The van der Waals surface area contributed by atoms with Gasteiger partial charge in [0.05, 0.1) is 0 Å². The molecule has 0 atom stereocenters. The van der Waals surface area contributed by atoms with Crippen molar-refractivity contribution < 1.29 is 17.9 Å². The minimum atomic E-state index is -4.36. The van der Waals surface area contributed by atoms with Crippen LogP contribution in [0.25, 0.3) is 11.1 Å². The molecule has 19 heavy (non-hydrogen) atoms. The van der Waals surface area contributed by atoms with E-state index in [4.69, 9.17) is 11.2 Å². The summed E-state index contributed by atoms with van der Waals surface area (Å²) < 4.78 is 41.5. The molecule has 5 heteroatoms. The molecule has 98 valence electrons. The van der Waals surface area contributed by atoms with Gasteiger partial charge in [0.25, 0.3) is 0 Å². The lowest BCUT2D eigenvalue weighted by atomic mass is 10.0. The zero-order chi connectivity index (χ0) is 13.9. The number of benzene rings is 1. The van der Waals surface area contributed by atoms with Gasteiger partial charge in [-0.25, -0.2) is 0 Å². The van der Waals surface area contributed by atoms with Crippen LogP contribution in [-0.2, 0) is 0 Å². The van der Waals surface area contributed by atoms with E-state index in [-0.39, 0.29) is 5.75 Å². The maximum absolute atomic E-state index is 12.2. The normalized spacial score (nSPS) is 11.1. The summed E-state index contributed by atoms with van der Waals surface area (Å²) in [5.41, 5.74) is 1.96. The second-order valence-corrected chi connectivity index (χ2v) is 4.55. The molecule has 1 nitrogen and oxygen atoms in total. The first kappa shape index (κ1) is 13.5. The average molecular weight is 282 g/mol. The van der Waals surface area contributed by atoms with Gasteiger partial charge in [-0.15, -0.1) is 6.42 Å². The lowest BCUT2D eigenvalue weighted by Crippen LogP contribution is -2.19. The smallest absolute Gasteiger partial charge is 0.422 e. The first-order chi connectivity index (χ1) is 8.99. The Bertz CT molecular complexity index is 594. The van der Waals surface area contributed by atoms with Crippen LogP contribution in [-0.4, -0.2) is 12.8 Å². The Hall–Kier alpha value is -1.93. The van der Waals surface area contributed by atoms with E-state index in [1.54, 1.807) is 18.2 Å². The van der Waals surface area contributed by atoms with E-state index in [1.807, 2.05) is 10.8 Å². The van der Waals surface area contributed by atoms with E-state index in [2.05, 4.69) is 5.92 Å². The van der Waals surface area contributed by atoms with Gasteiger partial charge in [0.15, 0.2) is 6.61 Å². The summed E-state index contributed by atoms with van der Waals surface area (Å²) in [6, 6.07) is 6.48. The molecule has 0 N–H and O–H groups in total. The van der Waals surface area contributed by atoms with E-state index in [0.717, 1.165) is 5.56 Å². The van der Waals surface area contributed by atoms with Crippen LogP contribution in [0.1, 0.15) is 5.56 Å². The lowest BCUT2D eigenvalue weighted by molar-refractivity contribution is -0.153. The van der Waals surface area contributed by atoms with Gasteiger partial charge < -0.3 is 4.74 Å². The Kier molecular flexibility index (Phi) is 3.82. The second kappa shape index (κ2) is 5.37. The summed E-state index contributed by atoms with van der Waals surface area (Å²) in [7, 11) is 0. The van der Waals surface area contributed by atoms with Crippen molar-refractivity contribution in [2.45, 2.75) is 6.18 Å². The molecule has 0 aliphatic heterocycles. The molecule has 0 fully saturated rings. The predicted molar refractivity (Wildman–Crippen MR) is 69.2 cm³/mol. The van der Waals surface area contributed by atoms with Gasteiger partial charge in [0.1, 0.15) is 5.75 Å². The van der Waals surface area contributed by atoms with Crippen molar-refractivity contribution in [2.75, 3.05) is 6.61 Å². The van der Waals surface area contributed by atoms with Crippen molar-refractivity contribution in [2.24, 2.45) is 0 Å². The SMILES string of the molecule is C#Cc1ccc(OCC(F)(F)F)c(-c2ccsc2)c1. The molecule has 1 heterocycles. The number of hydrogen-bond donors (Lipinski definition) is 0. The standard InChI is InChI=1S/C14H9F3OS/c1-2-10-3-4-13(18-9-14(15,16)17)12(7-10)11-5-6-19-8-11/h1,3-8H,9H2. The third-order valence-electron chi connectivity index (χ3n) is 2.37. The Balaban J connectivity index is 2.35. The summed E-state index contributed by atoms with van der Waals surface area (Å²) >= 11 is 1.45. The Morgan fingerprint density at radius 1 is 1.26 bits per heavy atom. The number of halogens is 3. The quantitative estimate of drug-likeness (QED) is 0.761. The zero-order valence-electron chi connectivity index (χ0n) is 9.70. The van der Waals surface area contributed by atoms with Crippen molar-refractivity contribution in [3.63, 3.8) is 0 Å². The Morgan fingerprint density at radius 2 is 2.05 bits per heavy atom. The molecule has 0 aliphatic rings. The highest BCUT2D eigenvalue weighted by molar-refractivity contribution is 7.08. The molecule has 0 saturated heterocycles. The zero-order valence-corrected chi connectivity index (χ0v) is 10.5. The van der Waals surface area contributed by atoms with Gasteiger partial charge in [-0.3, -0.25) is 0 Å². The Labute approximate surface area is 112 Å². The third-order valence-corrected chi connectivity index (χ3v) is 3.05. The highest BCUT2D eigenvalue weighted by Crippen LogP contribution is 2.33. The van der Waals surface area contributed by atoms with Crippen molar-refractivity contribution in [3.05, 3.63) is 40.6 Å². The fraction of sp³-hybridized carbons (Fsp3) is 0.143. The maximum atomic E-state index is 12.2. The molecular weight excluding hydrogens is 273 g/mol. The number of ether oxygens (including phenoxy) is 1. The number of hydrogen-bond acceptors (Lipinski definition) is 2. The Morgan fingerprint density at radius 3 is 2.63 bits per heavy atom. The van der Waals surface area contributed by atoms with Crippen LogP contribution in [0.15, 0.2) is 35.0 Å². The molecule has 2 rings (SSSR count). The summed E-state index contributed by atoms with van der Waals surface area (Å²) in [4.78, 5) is 0. The molecule has 0 bridgehead atoms. The number of terminal acetylenes is 1. The van der Waals surface area contributed by atoms with E-state index in [0.29, 0.717) is 11.1 Å². The highest BCUT2D eigenvalue weighted by atomic mass is 32.1. The highest BCUT2D eigenvalue weighted by Gasteiger charge is 2.28. The van der Waals surface area contributed by atoms with Crippen LogP contribution in [0.5, 0.6) is 5.75 Å². The van der Waals surface area contributed by atoms with Crippen LogP contribution < -0.4 is 4.74 Å². The van der Waals surface area contributed by atoms with Gasteiger partial charge in [-0.2, -0.15) is 24.5 Å². The van der Waals surface area contributed by atoms with E-state index in [9.17, 15) is 13.2 Å². The van der Waals surface area contributed by atoms with Crippen LogP contribution in [0, 0.1) is 12.3 Å². The van der Waals surface area contributed by atoms with Crippen molar-refractivity contribution in [3.8, 4) is 29.2 Å². The molecule has 0 amide bonds. The summed E-state index contributed by atoms with van der Waals surface area (Å²) in [5, 5.41) is 3.67. The summed E-state index contributed by atoms with van der Waals surface area (Å²) in [6.07, 6.45) is 0.933. The predicted octanol–water partition coefficient (Wildman–Crippen LogP) is 4.34. The lowest BCUT2D eigenvalue weighted by Gasteiger charge is -2.13. The fourth-order valence-electron chi connectivity index (χ4n) is 1.55. The van der Waals surface area contributed by atoms with Gasteiger partial charge in [0, 0.05) is 11.1 Å². The first-order valence-electron chi connectivity index (χ1n) is 5.32. The van der Waals surface area contributed by atoms with E-state index in [1.165, 1.54) is 17.4 Å². The number of alkyl halides is 3. The second-order valence-electron chi connectivity index (χ2n) is 3.77. The van der Waals surface area contributed by atoms with Gasteiger partial charge >= 0.3 is 6.18 Å². The van der Waals surface area contributed by atoms with Crippen molar-refractivity contribution in [1.82, 2.24) is 0 Å². The van der Waals surface area contributed by atoms with Crippen molar-refractivity contribution in [1.29, 1.82) is 0 Å². The van der Waals surface area contributed by atoms with E-state index < -0.39 is 12.8 Å². The van der Waals surface area contributed by atoms with Crippen molar-refractivity contribution >= 4 is 11.3 Å². The molecule has 1 aromatic heterocycles. The topological polar surface area (TPSA) is 9.23 Å². The van der Waals surface area contributed by atoms with Crippen LogP contribution >= 0.6 is 11.3 Å². The molecule has 0 radical (unpaired) electrons. The largest absolute Gasteiger partial charge is 0.483 e. The summed E-state index contributed by atoms with van der Waals surface area (Å²) in [6.45, 7) is -1.32. The minimum Gasteiger partial charge on any atom is -0.483 e. The molecular formula is C14H9F3OS. The molecule has 2 aromatic rings. The van der Waals surface area contributed by atoms with Gasteiger partial charge in [-0.1, -0.05) is 5.92 Å². The fourth-order valence-corrected chi connectivity index (χ4v) is 2.20. The minimum absolute atomic E-state index is 0.176. The maximum Gasteiger partial charge on any atom is 0.422 e. The molecule has 0 saturated carbocycles.